The summed E-state index contributed by atoms with van der Waals surface area (Å²) in [6.07, 6.45) is 3.06. The van der Waals surface area contributed by atoms with Gasteiger partial charge in [0.05, 0.1) is 0 Å². The van der Waals surface area contributed by atoms with E-state index in [9.17, 15) is 4.79 Å². The van der Waals surface area contributed by atoms with Crippen molar-refractivity contribution in [2.75, 3.05) is 0 Å². The van der Waals surface area contributed by atoms with Gasteiger partial charge in [-0.1, -0.05) is 50.2 Å². The lowest BCUT2D eigenvalue weighted by Crippen LogP contribution is -2.42. The first kappa shape index (κ1) is 13.5. The van der Waals surface area contributed by atoms with Crippen molar-refractivity contribution in [3.05, 3.63) is 66.0 Å². The Kier molecular flexibility index (Phi) is 4.45. The van der Waals surface area contributed by atoms with Gasteiger partial charge in [-0.3, -0.25) is 4.79 Å². The molecule has 2 rings (SSSR count). The normalized spacial score (nSPS) is 12.1. The van der Waals surface area contributed by atoms with E-state index in [1.165, 1.54) is 5.69 Å². The third-order valence-corrected chi connectivity index (χ3v) is 3.50. The zero-order valence-corrected chi connectivity index (χ0v) is 11.5. The van der Waals surface area contributed by atoms with Crippen molar-refractivity contribution < 1.29 is 9.36 Å². The van der Waals surface area contributed by atoms with E-state index in [0.29, 0.717) is 12.5 Å². The number of benzene rings is 1. The molecule has 0 saturated heterocycles. The molecule has 1 aromatic heterocycles. The molecular weight excluding hydrogens is 234 g/mol. The van der Waals surface area contributed by atoms with Crippen LogP contribution >= 0.6 is 0 Å². The van der Waals surface area contributed by atoms with Crippen molar-refractivity contribution in [2.24, 2.45) is 0 Å². The molecule has 0 saturated carbocycles. The van der Waals surface area contributed by atoms with Gasteiger partial charge in [-0.2, -0.15) is 4.57 Å². The highest BCUT2D eigenvalue weighted by Gasteiger charge is 2.19. The Morgan fingerprint density at radius 1 is 1.11 bits per heavy atom. The van der Waals surface area contributed by atoms with E-state index < -0.39 is 0 Å². The lowest BCUT2D eigenvalue weighted by Gasteiger charge is -2.08. The summed E-state index contributed by atoms with van der Waals surface area (Å²) in [6.45, 7) is 4.77. The highest BCUT2D eigenvalue weighted by atomic mass is 16.1. The number of pyridine rings is 1. The Labute approximate surface area is 114 Å². The summed E-state index contributed by atoms with van der Waals surface area (Å²) in [5.74, 6) is 0.617. The van der Waals surface area contributed by atoms with Crippen LogP contribution in [0.4, 0.5) is 0 Å². The van der Waals surface area contributed by atoms with Gasteiger partial charge in [0.25, 0.3) is 0 Å². The topological polar surface area (TPSA) is 20.9 Å². The number of carbonyl (C=O) groups is 1. The average Bonchev–Trinajstić information content (AvgIpc) is 2.48. The minimum absolute atomic E-state index is 0.154. The lowest BCUT2D eigenvalue weighted by atomic mass is 10.0. The molecule has 0 aliphatic carbocycles. The van der Waals surface area contributed by atoms with Crippen molar-refractivity contribution in [2.45, 2.75) is 32.7 Å². The fraction of sp³-hybridized carbons (Fsp3) is 0.294. The molecule has 98 valence electrons. The maximum atomic E-state index is 12.3. The largest absolute Gasteiger partial charge is 0.287 e. The SMILES string of the molecule is CCC(C)c1cccc[n+]1CC(=O)c1ccccc1. The highest BCUT2D eigenvalue weighted by molar-refractivity contribution is 5.94. The van der Waals surface area contributed by atoms with Crippen LogP contribution in [0.15, 0.2) is 54.7 Å². The smallest absolute Gasteiger partial charge is 0.227 e. The number of Topliss-reactive ketones (excluding diaryl/α,β-unsaturated/α-hetero) is 1. The fourth-order valence-corrected chi connectivity index (χ4v) is 2.16. The first-order valence-electron chi connectivity index (χ1n) is 6.79. The summed E-state index contributed by atoms with van der Waals surface area (Å²) in [5.41, 5.74) is 1.99. The number of aromatic nitrogens is 1. The number of nitrogens with zero attached hydrogens (tertiary/aromatic N) is 1. The second-order valence-corrected chi connectivity index (χ2v) is 4.85. The van der Waals surface area contributed by atoms with Gasteiger partial charge in [-0.15, -0.1) is 0 Å². The molecule has 0 N–H and O–H groups in total. The van der Waals surface area contributed by atoms with Crippen molar-refractivity contribution in [1.82, 2.24) is 0 Å². The van der Waals surface area contributed by atoms with Crippen LogP contribution in [-0.2, 0) is 6.54 Å². The standard InChI is InChI=1S/C17H20NO/c1-3-14(2)16-11-7-8-12-18(16)13-17(19)15-9-5-4-6-10-15/h4-12,14H,3,13H2,1-2H3/q+1. The predicted octanol–water partition coefficient (Wildman–Crippen LogP) is 3.37. The van der Waals surface area contributed by atoms with E-state index in [2.05, 4.69) is 24.5 Å². The summed E-state index contributed by atoms with van der Waals surface area (Å²) in [5, 5.41) is 0. The van der Waals surface area contributed by atoms with Gasteiger partial charge < -0.3 is 0 Å². The van der Waals surface area contributed by atoms with Crippen LogP contribution in [0.5, 0.6) is 0 Å². The zero-order valence-electron chi connectivity index (χ0n) is 11.5. The highest BCUT2D eigenvalue weighted by Crippen LogP contribution is 2.14. The molecular formula is C17H20NO+. The van der Waals surface area contributed by atoms with E-state index in [0.717, 1.165) is 12.0 Å². The average molecular weight is 254 g/mol. The van der Waals surface area contributed by atoms with E-state index in [-0.39, 0.29) is 5.78 Å². The van der Waals surface area contributed by atoms with E-state index in [1.807, 2.05) is 48.7 Å². The molecule has 1 atom stereocenters. The Hall–Kier alpha value is -1.96. The summed E-state index contributed by atoms with van der Waals surface area (Å²) in [7, 11) is 0. The van der Waals surface area contributed by atoms with Crippen molar-refractivity contribution in [3.63, 3.8) is 0 Å². The second-order valence-electron chi connectivity index (χ2n) is 4.85. The first-order valence-corrected chi connectivity index (χ1v) is 6.79. The van der Waals surface area contributed by atoms with Crippen LogP contribution in [0.3, 0.4) is 0 Å². The molecule has 2 heteroatoms. The van der Waals surface area contributed by atoms with Gasteiger partial charge in [0.2, 0.25) is 12.3 Å². The Morgan fingerprint density at radius 3 is 2.47 bits per heavy atom. The van der Waals surface area contributed by atoms with Crippen LogP contribution in [-0.4, -0.2) is 5.78 Å². The number of ketones is 1. The van der Waals surface area contributed by atoms with Crippen LogP contribution in [0.25, 0.3) is 0 Å². The molecule has 0 radical (unpaired) electrons. The summed E-state index contributed by atoms with van der Waals surface area (Å²) in [4.78, 5) is 12.3. The molecule has 0 aliphatic heterocycles. The van der Waals surface area contributed by atoms with Crippen LogP contribution in [0.2, 0.25) is 0 Å². The maximum Gasteiger partial charge on any atom is 0.227 e. The van der Waals surface area contributed by atoms with Gasteiger partial charge in [-0.25, -0.2) is 0 Å². The minimum Gasteiger partial charge on any atom is -0.287 e. The molecule has 19 heavy (non-hydrogen) atoms. The number of carbonyl (C=O) groups excluding carboxylic acids is 1. The lowest BCUT2D eigenvalue weighted by molar-refractivity contribution is -0.691. The predicted molar refractivity (Wildman–Crippen MR) is 76.1 cm³/mol. The third kappa shape index (κ3) is 3.28. The molecule has 2 nitrogen and oxygen atoms in total. The van der Waals surface area contributed by atoms with Crippen LogP contribution < -0.4 is 4.57 Å². The molecule has 0 bridgehead atoms. The molecule has 0 aliphatic rings. The third-order valence-electron chi connectivity index (χ3n) is 3.50. The van der Waals surface area contributed by atoms with Gasteiger partial charge in [0.1, 0.15) is 0 Å². The molecule has 0 amide bonds. The number of rotatable bonds is 5. The zero-order chi connectivity index (χ0) is 13.7. The van der Waals surface area contributed by atoms with Crippen LogP contribution in [0.1, 0.15) is 42.2 Å². The molecule has 2 aromatic rings. The number of hydrogen-bond acceptors (Lipinski definition) is 1. The monoisotopic (exact) mass is 254 g/mol. The molecule has 1 heterocycles. The van der Waals surface area contributed by atoms with E-state index >= 15 is 0 Å². The second kappa shape index (κ2) is 6.28. The first-order chi connectivity index (χ1) is 9.22. The maximum absolute atomic E-state index is 12.3. The summed E-state index contributed by atoms with van der Waals surface area (Å²) < 4.78 is 2.06. The summed E-state index contributed by atoms with van der Waals surface area (Å²) >= 11 is 0. The van der Waals surface area contributed by atoms with E-state index in [4.69, 9.17) is 0 Å². The van der Waals surface area contributed by atoms with E-state index in [1.54, 1.807) is 0 Å². The van der Waals surface area contributed by atoms with Gasteiger partial charge in [0.15, 0.2) is 11.9 Å². The fourth-order valence-electron chi connectivity index (χ4n) is 2.16. The molecule has 1 unspecified atom stereocenters. The summed E-state index contributed by atoms with van der Waals surface area (Å²) in [6, 6.07) is 15.6. The Balaban J connectivity index is 2.22. The molecule has 0 spiro atoms. The quantitative estimate of drug-likeness (QED) is 0.592. The van der Waals surface area contributed by atoms with Crippen molar-refractivity contribution in [3.8, 4) is 0 Å². The minimum atomic E-state index is 0.154. The van der Waals surface area contributed by atoms with Gasteiger partial charge in [-0.05, 0) is 6.42 Å². The Morgan fingerprint density at radius 2 is 1.79 bits per heavy atom. The number of hydrogen-bond donors (Lipinski definition) is 0. The van der Waals surface area contributed by atoms with Crippen molar-refractivity contribution in [1.29, 1.82) is 0 Å². The molecule has 1 aromatic carbocycles. The molecule has 0 fully saturated rings. The van der Waals surface area contributed by atoms with Crippen LogP contribution in [0, 0.1) is 0 Å². The van der Waals surface area contributed by atoms with Gasteiger partial charge >= 0.3 is 0 Å². The van der Waals surface area contributed by atoms with Crippen molar-refractivity contribution >= 4 is 5.78 Å². The van der Waals surface area contributed by atoms with Gasteiger partial charge in [0, 0.05) is 23.6 Å². The Bertz CT molecular complexity index is 548.